The first-order valence-corrected chi connectivity index (χ1v) is 8.18. The monoisotopic (exact) mass is 326 g/mol. The van der Waals surface area contributed by atoms with Gasteiger partial charge in [-0.05, 0) is 29.0 Å². The van der Waals surface area contributed by atoms with Crippen LogP contribution < -0.4 is 4.74 Å². The maximum absolute atomic E-state index is 12.7. The van der Waals surface area contributed by atoms with Crippen molar-refractivity contribution in [2.45, 2.75) is 6.29 Å². The Labute approximate surface area is 144 Å². The van der Waals surface area contributed by atoms with Crippen molar-refractivity contribution in [3.05, 3.63) is 90.0 Å². The van der Waals surface area contributed by atoms with Crippen LogP contribution in [0.3, 0.4) is 0 Å². The molecular formula is C22H14O3. The van der Waals surface area contributed by atoms with E-state index < -0.39 is 6.29 Å². The summed E-state index contributed by atoms with van der Waals surface area (Å²) in [7, 11) is 0. The van der Waals surface area contributed by atoms with Crippen molar-refractivity contribution in [3.8, 4) is 5.75 Å². The zero-order valence-electron chi connectivity index (χ0n) is 13.3. The molecular weight excluding hydrogens is 312 g/mol. The van der Waals surface area contributed by atoms with Crippen LogP contribution in [0.4, 0.5) is 0 Å². The number of esters is 1. The number of hydrogen-bond donors (Lipinski definition) is 0. The summed E-state index contributed by atoms with van der Waals surface area (Å²) in [5.41, 5.74) is 1.44. The lowest BCUT2D eigenvalue weighted by molar-refractivity contribution is -0.0491. The van der Waals surface area contributed by atoms with Crippen LogP contribution in [-0.2, 0) is 4.74 Å². The van der Waals surface area contributed by atoms with Gasteiger partial charge in [0, 0.05) is 16.3 Å². The van der Waals surface area contributed by atoms with E-state index in [0.29, 0.717) is 11.3 Å². The molecule has 1 aliphatic heterocycles. The molecule has 4 aromatic rings. The van der Waals surface area contributed by atoms with Gasteiger partial charge in [0.15, 0.2) is 0 Å². The molecule has 25 heavy (non-hydrogen) atoms. The first-order chi connectivity index (χ1) is 12.3. The summed E-state index contributed by atoms with van der Waals surface area (Å²) < 4.78 is 11.7. The summed E-state index contributed by atoms with van der Waals surface area (Å²) in [6.07, 6.45) is -0.781. The van der Waals surface area contributed by atoms with E-state index in [1.807, 2.05) is 72.8 Å². The molecule has 3 nitrogen and oxygen atoms in total. The van der Waals surface area contributed by atoms with E-state index in [1.54, 1.807) is 0 Å². The van der Waals surface area contributed by atoms with Crippen molar-refractivity contribution >= 4 is 27.5 Å². The molecule has 4 aromatic carbocycles. The maximum atomic E-state index is 12.7. The Balaban J connectivity index is 1.80. The number of ether oxygens (including phenoxy) is 2. The van der Waals surface area contributed by atoms with Crippen molar-refractivity contribution in [2.24, 2.45) is 0 Å². The molecule has 0 bridgehead atoms. The van der Waals surface area contributed by atoms with Crippen molar-refractivity contribution in [2.75, 3.05) is 0 Å². The van der Waals surface area contributed by atoms with Gasteiger partial charge in [0.25, 0.3) is 6.29 Å². The van der Waals surface area contributed by atoms with Gasteiger partial charge in [-0.15, -0.1) is 0 Å². The Bertz CT molecular complexity index is 1120. The van der Waals surface area contributed by atoms with E-state index in [4.69, 9.17) is 9.47 Å². The van der Waals surface area contributed by atoms with Crippen LogP contribution in [0.5, 0.6) is 5.75 Å². The predicted molar refractivity (Wildman–Crippen MR) is 96.7 cm³/mol. The minimum Gasteiger partial charge on any atom is -0.450 e. The lowest BCUT2D eigenvalue weighted by atomic mass is 9.95. The number of carbonyl (C=O) groups is 1. The number of carbonyl (C=O) groups excluding carboxylic acids is 1. The van der Waals surface area contributed by atoms with Gasteiger partial charge in [-0.1, -0.05) is 60.7 Å². The first-order valence-electron chi connectivity index (χ1n) is 8.18. The van der Waals surface area contributed by atoms with Crippen molar-refractivity contribution < 1.29 is 14.3 Å². The van der Waals surface area contributed by atoms with Crippen LogP contribution in [0.2, 0.25) is 0 Å². The van der Waals surface area contributed by atoms with Crippen molar-refractivity contribution in [3.63, 3.8) is 0 Å². The van der Waals surface area contributed by atoms with Gasteiger partial charge in [-0.25, -0.2) is 4.79 Å². The third-order valence-electron chi connectivity index (χ3n) is 4.59. The fraction of sp³-hybridized carbons (Fsp3) is 0.0455. The molecule has 1 unspecified atom stereocenters. The molecule has 0 aliphatic carbocycles. The van der Waals surface area contributed by atoms with Crippen molar-refractivity contribution in [1.29, 1.82) is 0 Å². The summed E-state index contributed by atoms with van der Waals surface area (Å²) in [5.74, 6) is 0.297. The van der Waals surface area contributed by atoms with Gasteiger partial charge in [-0.3, -0.25) is 0 Å². The summed E-state index contributed by atoms with van der Waals surface area (Å²) in [4.78, 5) is 12.7. The second-order valence-corrected chi connectivity index (χ2v) is 6.08. The Hall–Kier alpha value is -3.33. The maximum Gasteiger partial charge on any atom is 0.342 e. The normalized spacial score (nSPS) is 16.0. The number of para-hydroxylation sites is 1. The first kappa shape index (κ1) is 14.1. The van der Waals surface area contributed by atoms with E-state index in [0.717, 1.165) is 27.1 Å². The standard InChI is InChI=1S/C22H14O3/c23-21-17-10-4-6-14-12-13-15-7-5-11-18(20(15)19(14)17)22(25-21)24-16-8-2-1-3-9-16/h1-13,22H. The van der Waals surface area contributed by atoms with E-state index in [-0.39, 0.29) is 5.97 Å². The van der Waals surface area contributed by atoms with Crippen LogP contribution in [0.25, 0.3) is 21.5 Å². The summed E-state index contributed by atoms with van der Waals surface area (Å²) in [6, 6.07) is 25.2. The largest absolute Gasteiger partial charge is 0.450 e. The van der Waals surface area contributed by atoms with E-state index >= 15 is 0 Å². The summed E-state index contributed by atoms with van der Waals surface area (Å²) >= 11 is 0. The highest BCUT2D eigenvalue weighted by atomic mass is 16.7. The highest BCUT2D eigenvalue weighted by Crippen LogP contribution is 2.38. The SMILES string of the molecule is O=C1OC(Oc2ccccc2)c2cccc3ccc4cccc1c4c23. The van der Waals surface area contributed by atoms with E-state index in [2.05, 4.69) is 6.07 Å². The van der Waals surface area contributed by atoms with Crippen LogP contribution >= 0.6 is 0 Å². The Morgan fingerprint density at radius 1 is 0.720 bits per heavy atom. The van der Waals surface area contributed by atoms with Crippen LogP contribution in [0.1, 0.15) is 22.2 Å². The third-order valence-corrected chi connectivity index (χ3v) is 4.59. The molecule has 0 aromatic heterocycles. The lowest BCUT2D eigenvalue weighted by Crippen LogP contribution is -2.15. The third kappa shape index (κ3) is 2.17. The molecule has 1 aliphatic rings. The number of hydrogen-bond acceptors (Lipinski definition) is 3. The highest BCUT2D eigenvalue weighted by molar-refractivity contribution is 6.18. The average molecular weight is 326 g/mol. The molecule has 0 spiro atoms. The van der Waals surface area contributed by atoms with Crippen LogP contribution in [-0.4, -0.2) is 5.97 Å². The molecule has 0 N–H and O–H groups in total. The number of benzene rings is 4. The zero-order chi connectivity index (χ0) is 16.8. The average Bonchev–Trinajstić information content (AvgIpc) is 2.78. The Morgan fingerprint density at radius 3 is 2.24 bits per heavy atom. The summed E-state index contributed by atoms with van der Waals surface area (Å²) in [5, 5.41) is 4.04. The minimum absolute atomic E-state index is 0.366. The number of cyclic esters (lactones) is 1. The van der Waals surface area contributed by atoms with Gasteiger partial charge < -0.3 is 9.47 Å². The van der Waals surface area contributed by atoms with E-state index in [1.165, 1.54) is 0 Å². The molecule has 3 heteroatoms. The lowest BCUT2D eigenvalue weighted by Gasteiger charge is -2.19. The van der Waals surface area contributed by atoms with Crippen LogP contribution in [0, 0.1) is 0 Å². The second kappa shape index (κ2) is 5.35. The topological polar surface area (TPSA) is 35.5 Å². The fourth-order valence-corrected chi connectivity index (χ4v) is 3.48. The molecule has 0 saturated carbocycles. The van der Waals surface area contributed by atoms with Gasteiger partial charge in [0.05, 0.1) is 5.56 Å². The second-order valence-electron chi connectivity index (χ2n) is 6.08. The van der Waals surface area contributed by atoms with Gasteiger partial charge in [-0.2, -0.15) is 0 Å². The van der Waals surface area contributed by atoms with Gasteiger partial charge >= 0.3 is 5.97 Å². The van der Waals surface area contributed by atoms with E-state index in [9.17, 15) is 4.79 Å². The van der Waals surface area contributed by atoms with Crippen molar-refractivity contribution in [1.82, 2.24) is 0 Å². The molecule has 120 valence electrons. The smallest absolute Gasteiger partial charge is 0.342 e. The minimum atomic E-state index is -0.781. The zero-order valence-corrected chi connectivity index (χ0v) is 13.3. The molecule has 0 radical (unpaired) electrons. The van der Waals surface area contributed by atoms with Gasteiger partial charge in [0.1, 0.15) is 5.75 Å². The Kier molecular flexibility index (Phi) is 3.01. The molecule has 0 saturated heterocycles. The molecule has 1 atom stereocenters. The van der Waals surface area contributed by atoms with Crippen LogP contribution in [0.15, 0.2) is 78.9 Å². The predicted octanol–water partition coefficient (Wildman–Crippen LogP) is 5.24. The highest BCUT2D eigenvalue weighted by Gasteiger charge is 2.28. The molecule has 0 fully saturated rings. The summed E-state index contributed by atoms with van der Waals surface area (Å²) in [6.45, 7) is 0. The fourth-order valence-electron chi connectivity index (χ4n) is 3.48. The molecule has 1 heterocycles. The van der Waals surface area contributed by atoms with Gasteiger partial charge in [0.2, 0.25) is 0 Å². The molecule has 5 rings (SSSR count). The quantitative estimate of drug-likeness (QED) is 0.373. The Morgan fingerprint density at radius 2 is 1.44 bits per heavy atom. The molecule has 0 amide bonds. The number of rotatable bonds is 2.